The van der Waals surface area contributed by atoms with Gasteiger partial charge in [-0.1, -0.05) is 6.07 Å². The van der Waals surface area contributed by atoms with Gasteiger partial charge in [-0.05, 0) is 25.7 Å². The monoisotopic (exact) mass is 223 g/mol. The number of pyridine rings is 1. The molecule has 0 aromatic carbocycles. The van der Waals surface area contributed by atoms with E-state index < -0.39 is 12.0 Å². The van der Waals surface area contributed by atoms with E-state index in [1.165, 1.54) is 0 Å². The van der Waals surface area contributed by atoms with E-state index in [9.17, 15) is 4.79 Å². The molecule has 1 aromatic heterocycles. The molecule has 0 bridgehead atoms. The first-order valence-electron chi connectivity index (χ1n) is 5.06. The summed E-state index contributed by atoms with van der Waals surface area (Å²) in [6.45, 7) is 0. The highest BCUT2D eigenvalue weighted by Crippen LogP contribution is 2.21. The second-order valence-electron chi connectivity index (χ2n) is 3.96. The minimum Gasteiger partial charge on any atom is -0.481 e. The molecule has 1 heterocycles. The van der Waals surface area contributed by atoms with Gasteiger partial charge in [0.25, 0.3) is 0 Å². The Balaban J connectivity index is 2.87. The van der Waals surface area contributed by atoms with Crippen molar-refractivity contribution in [3.63, 3.8) is 0 Å². The Hall–Kier alpha value is -1.46. The summed E-state index contributed by atoms with van der Waals surface area (Å²) in [7, 11) is 3.75. The third-order valence-electron chi connectivity index (χ3n) is 2.40. The number of likely N-dealkylation sites (N-methyl/N-ethyl adjacent to an activating group) is 1. The molecule has 5 heteroatoms. The lowest BCUT2D eigenvalue weighted by Gasteiger charge is -2.29. The molecule has 0 amide bonds. The van der Waals surface area contributed by atoms with Gasteiger partial charge in [-0.3, -0.25) is 9.78 Å². The molecule has 0 aliphatic rings. The average molecular weight is 223 g/mol. The lowest BCUT2D eigenvalue weighted by molar-refractivity contribution is -0.137. The van der Waals surface area contributed by atoms with Gasteiger partial charge in [-0.25, -0.2) is 0 Å². The minimum absolute atomic E-state index is 0.0578. The molecule has 0 saturated heterocycles. The van der Waals surface area contributed by atoms with Gasteiger partial charge in [0, 0.05) is 18.4 Å². The van der Waals surface area contributed by atoms with Gasteiger partial charge in [-0.2, -0.15) is 0 Å². The largest absolute Gasteiger partial charge is 0.481 e. The highest BCUT2D eigenvalue weighted by atomic mass is 16.4. The molecule has 0 aliphatic heterocycles. The van der Waals surface area contributed by atoms with Gasteiger partial charge in [0.1, 0.15) is 0 Å². The quantitative estimate of drug-likeness (QED) is 0.759. The summed E-state index contributed by atoms with van der Waals surface area (Å²) < 4.78 is 0. The second-order valence-corrected chi connectivity index (χ2v) is 3.96. The Morgan fingerprint density at radius 1 is 1.62 bits per heavy atom. The van der Waals surface area contributed by atoms with E-state index in [0.717, 1.165) is 5.56 Å². The van der Waals surface area contributed by atoms with Crippen LogP contribution < -0.4 is 5.73 Å². The number of aliphatic carboxylic acids is 1. The van der Waals surface area contributed by atoms with Crippen LogP contribution in [0, 0.1) is 0 Å². The van der Waals surface area contributed by atoms with Crippen LogP contribution in [-0.2, 0) is 4.79 Å². The Morgan fingerprint density at radius 2 is 2.31 bits per heavy atom. The summed E-state index contributed by atoms with van der Waals surface area (Å²) in [6, 6.07) is 3.14. The van der Waals surface area contributed by atoms with Crippen molar-refractivity contribution in [2.45, 2.75) is 18.5 Å². The van der Waals surface area contributed by atoms with E-state index in [2.05, 4.69) is 4.98 Å². The van der Waals surface area contributed by atoms with E-state index in [1.807, 2.05) is 31.1 Å². The fraction of sp³-hybridized carbons (Fsp3) is 0.455. The molecule has 5 nitrogen and oxygen atoms in total. The number of carboxylic acids is 1. The fourth-order valence-corrected chi connectivity index (χ4v) is 1.79. The number of nitrogens with two attached hydrogens (primary N) is 1. The van der Waals surface area contributed by atoms with Crippen molar-refractivity contribution in [3.05, 3.63) is 30.1 Å². The molecule has 3 N–H and O–H groups in total. The van der Waals surface area contributed by atoms with Crippen LogP contribution in [0.15, 0.2) is 24.5 Å². The molecule has 0 fully saturated rings. The Labute approximate surface area is 94.9 Å². The van der Waals surface area contributed by atoms with E-state index in [4.69, 9.17) is 10.8 Å². The van der Waals surface area contributed by atoms with Crippen LogP contribution in [0.4, 0.5) is 0 Å². The predicted octanol–water partition coefficient (Wildman–Crippen LogP) is 0.486. The number of nitrogens with zero attached hydrogens (tertiary/aromatic N) is 2. The van der Waals surface area contributed by atoms with Gasteiger partial charge in [0.05, 0.1) is 12.5 Å². The third kappa shape index (κ3) is 3.29. The van der Waals surface area contributed by atoms with Gasteiger partial charge in [0.15, 0.2) is 0 Å². The molecule has 0 radical (unpaired) electrons. The maximum absolute atomic E-state index is 10.7. The summed E-state index contributed by atoms with van der Waals surface area (Å²) in [5.41, 5.74) is 6.83. The van der Waals surface area contributed by atoms with Crippen LogP contribution in [0.3, 0.4) is 0 Å². The lowest BCUT2D eigenvalue weighted by Crippen LogP contribution is -2.38. The topological polar surface area (TPSA) is 79.5 Å². The van der Waals surface area contributed by atoms with Crippen molar-refractivity contribution < 1.29 is 9.90 Å². The zero-order valence-electron chi connectivity index (χ0n) is 9.50. The third-order valence-corrected chi connectivity index (χ3v) is 2.40. The zero-order valence-corrected chi connectivity index (χ0v) is 9.50. The summed E-state index contributed by atoms with van der Waals surface area (Å²) in [5.74, 6) is -0.886. The van der Waals surface area contributed by atoms with Crippen molar-refractivity contribution in [2.75, 3.05) is 14.1 Å². The van der Waals surface area contributed by atoms with Crippen LogP contribution in [0.2, 0.25) is 0 Å². The molecule has 0 saturated carbocycles. The molecular formula is C11H17N3O2. The molecular weight excluding hydrogens is 206 g/mol. The van der Waals surface area contributed by atoms with E-state index in [0.29, 0.717) is 0 Å². The summed E-state index contributed by atoms with van der Waals surface area (Å²) >= 11 is 0. The number of aromatic nitrogens is 1. The van der Waals surface area contributed by atoms with Gasteiger partial charge >= 0.3 is 5.97 Å². The number of carboxylic acid groups (broad SMARTS) is 1. The Morgan fingerprint density at radius 3 is 2.75 bits per heavy atom. The maximum Gasteiger partial charge on any atom is 0.304 e. The average Bonchev–Trinajstić information content (AvgIpc) is 2.17. The fourth-order valence-electron chi connectivity index (χ4n) is 1.79. The van der Waals surface area contributed by atoms with E-state index in [1.54, 1.807) is 12.4 Å². The Bertz CT molecular complexity index is 340. The molecule has 16 heavy (non-hydrogen) atoms. The number of carbonyl (C=O) groups is 1. The number of hydrogen-bond donors (Lipinski definition) is 2. The summed E-state index contributed by atoms with van der Waals surface area (Å²) in [4.78, 5) is 16.6. The van der Waals surface area contributed by atoms with Gasteiger partial charge in [-0.15, -0.1) is 0 Å². The van der Waals surface area contributed by atoms with Crippen LogP contribution >= 0.6 is 0 Å². The molecule has 2 atom stereocenters. The molecule has 1 aromatic rings. The van der Waals surface area contributed by atoms with E-state index >= 15 is 0 Å². The zero-order chi connectivity index (χ0) is 12.1. The van der Waals surface area contributed by atoms with Crippen LogP contribution in [-0.4, -0.2) is 41.1 Å². The molecule has 0 spiro atoms. The SMILES string of the molecule is CN(C)C(c1cccnc1)C(N)CC(=O)O. The smallest absolute Gasteiger partial charge is 0.304 e. The highest BCUT2D eigenvalue weighted by Gasteiger charge is 2.24. The van der Waals surface area contributed by atoms with Crippen molar-refractivity contribution in [1.29, 1.82) is 0 Å². The number of hydrogen-bond acceptors (Lipinski definition) is 4. The van der Waals surface area contributed by atoms with Crippen LogP contribution in [0.5, 0.6) is 0 Å². The standard InChI is InChI=1S/C11H17N3O2/c1-14(2)11(9(12)6-10(15)16)8-4-3-5-13-7-8/h3-5,7,9,11H,6,12H2,1-2H3,(H,15,16). The highest BCUT2D eigenvalue weighted by molar-refractivity contribution is 5.67. The van der Waals surface area contributed by atoms with Crippen LogP contribution in [0.1, 0.15) is 18.0 Å². The molecule has 2 unspecified atom stereocenters. The Kier molecular flexibility index (Phi) is 4.39. The minimum atomic E-state index is -0.886. The van der Waals surface area contributed by atoms with E-state index in [-0.39, 0.29) is 12.5 Å². The van der Waals surface area contributed by atoms with Crippen molar-refractivity contribution in [1.82, 2.24) is 9.88 Å². The molecule has 1 rings (SSSR count). The summed E-state index contributed by atoms with van der Waals surface area (Å²) in [5, 5.41) is 8.75. The summed E-state index contributed by atoms with van der Waals surface area (Å²) in [6.07, 6.45) is 3.34. The van der Waals surface area contributed by atoms with Crippen molar-refractivity contribution in [2.24, 2.45) is 5.73 Å². The second kappa shape index (κ2) is 5.58. The first-order valence-corrected chi connectivity index (χ1v) is 5.06. The predicted molar refractivity (Wildman–Crippen MR) is 60.9 cm³/mol. The van der Waals surface area contributed by atoms with Gasteiger partial charge in [0.2, 0.25) is 0 Å². The van der Waals surface area contributed by atoms with Gasteiger partial charge < -0.3 is 15.7 Å². The first kappa shape index (κ1) is 12.6. The maximum atomic E-state index is 10.7. The normalized spacial score (nSPS) is 14.8. The lowest BCUT2D eigenvalue weighted by atomic mass is 9.98. The van der Waals surface area contributed by atoms with Crippen LogP contribution in [0.25, 0.3) is 0 Å². The van der Waals surface area contributed by atoms with Crippen molar-refractivity contribution in [3.8, 4) is 0 Å². The molecule has 0 aliphatic carbocycles. The number of rotatable bonds is 5. The molecule has 88 valence electrons. The van der Waals surface area contributed by atoms with Crippen molar-refractivity contribution >= 4 is 5.97 Å². The first-order chi connectivity index (χ1) is 7.52.